The van der Waals surface area contributed by atoms with Crippen molar-refractivity contribution in [2.45, 2.75) is 19.2 Å². The molecule has 0 bridgehead atoms. The van der Waals surface area contributed by atoms with E-state index in [2.05, 4.69) is 15.0 Å². The summed E-state index contributed by atoms with van der Waals surface area (Å²) >= 11 is 2.86. The molecule has 148 valence electrons. The topological polar surface area (TPSA) is 80.5 Å². The number of hydrogen-bond acceptors (Lipinski definition) is 7. The molecular weight excluding hydrogens is 406 g/mol. The molecule has 0 aliphatic heterocycles. The molecule has 3 aromatic heterocycles. The number of thioether (sulfide) groups is 1. The second-order valence-electron chi connectivity index (χ2n) is 6.63. The number of benzene rings is 1. The lowest BCUT2D eigenvalue weighted by Crippen LogP contribution is -2.28. The minimum Gasteiger partial charge on any atom is -0.337 e. The third-order valence-electron chi connectivity index (χ3n) is 4.48. The van der Waals surface area contributed by atoms with E-state index in [1.165, 1.54) is 33.6 Å². The first-order valence-electron chi connectivity index (χ1n) is 9.01. The Kier molecular flexibility index (Phi) is 5.59. The first kappa shape index (κ1) is 19.5. The van der Waals surface area contributed by atoms with Gasteiger partial charge < -0.3 is 4.90 Å². The number of rotatable bonds is 6. The van der Waals surface area contributed by atoms with Crippen molar-refractivity contribution in [3.8, 4) is 0 Å². The van der Waals surface area contributed by atoms with Gasteiger partial charge in [0.2, 0.25) is 5.91 Å². The molecular formula is C20H19N5O2S2. The Balaban J connectivity index is 1.36. The zero-order valence-corrected chi connectivity index (χ0v) is 17.7. The fourth-order valence-corrected chi connectivity index (χ4v) is 4.57. The van der Waals surface area contributed by atoms with Gasteiger partial charge in [-0.3, -0.25) is 14.0 Å². The van der Waals surface area contributed by atoms with Gasteiger partial charge in [0.05, 0.1) is 23.5 Å². The molecule has 1 aromatic carbocycles. The molecule has 0 saturated heterocycles. The van der Waals surface area contributed by atoms with E-state index >= 15 is 0 Å². The van der Waals surface area contributed by atoms with E-state index in [9.17, 15) is 9.59 Å². The number of hydrogen-bond donors (Lipinski definition) is 0. The van der Waals surface area contributed by atoms with Gasteiger partial charge in [-0.2, -0.15) is 0 Å². The maximum absolute atomic E-state index is 12.5. The van der Waals surface area contributed by atoms with E-state index in [-0.39, 0.29) is 11.5 Å². The fraction of sp³-hybridized carbons (Fsp3) is 0.250. The molecule has 9 heteroatoms. The lowest BCUT2D eigenvalue weighted by Gasteiger charge is -2.16. The number of thiazole rings is 1. The summed E-state index contributed by atoms with van der Waals surface area (Å²) in [7, 11) is 1.75. The largest absolute Gasteiger partial charge is 0.337 e. The highest BCUT2D eigenvalue weighted by molar-refractivity contribution is 7.99. The van der Waals surface area contributed by atoms with Crippen molar-refractivity contribution in [1.29, 1.82) is 0 Å². The minimum atomic E-state index is -0.0980. The predicted octanol–water partition coefficient (Wildman–Crippen LogP) is 2.90. The number of aromatic nitrogens is 4. The maximum Gasteiger partial charge on any atom is 0.258 e. The quantitative estimate of drug-likeness (QED) is 0.473. The summed E-state index contributed by atoms with van der Waals surface area (Å²) in [5.41, 5.74) is 2.37. The second-order valence-corrected chi connectivity index (χ2v) is 8.48. The smallest absolute Gasteiger partial charge is 0.258 e. The number of amides is 1. The zero-order valence-electron chi connectivity index (χ0n) is 16.0. The van der Waals surface area contributed by atoms with Crippen molar-refractivity contribution >= 4 is 44.9 Å². The number of aryl methyl sites for hydroxylation is 1. The van der Waals surface area contributed by atoms with Crippen LogP contribution in [0.4, 0.5) is 0 Å². The van der Waals surface area contributed by atoms with Gasteiger partial charge in [-0.25, -0.2) is 15.0 Å². The number of carbonyl (C=O) groups excluding carboxylic acids is 1. The molecule has 3 heterocycles. The Morgan fingerprint density at radius 2 is 2.07 bits per heavy atom. The van der Waals surface area contributed by atoms with Crippen LogP contribution in [0, 0.1) is 6.92 Å². The van der Waals surface area contributed by atoms with Crippen molar-refractivity contribution in [3.05, 3.63) is 69.5 Å². The predicted molar refractivity (Wildman–Crippen MR) is 116 cm³/mol. The van der Waals surface area contributed by atoms with Crippen molar-refractivity contribution in [3.63, 3.8) is 0 Å². The average molecular weight is 426 g/mol. The van der Waals surface area contributed by atoms with Crippen LogP contribution in [0.1, 0.15) is 17.2 Å². The first-order chi connectivity index (χ1) is 14.0. The van der Waals surface area contributed by atoms with Gasteiger partial charge in [-0.15, -0.1) is 23.1 Å². The monoisotopic (exact) mass is 425 g/mol. The van der Waals surface area contributed by atoms with Crippen LogP contribution < -0.4 is 5.56 Å². The third-order valence-corrected chi connectivity index (χ3v) is 6.18. The van der Waals surface area contributed by atoms with E-state index < -0.39 is 0 Å². The molecule has 0 aliphatic carbocycles. The molecule has 0 N–H and O–H groups in total. The Bertz CT molecular complexity index is 1250. The summed E-state index contributed by atoms with van der Waals surface area (Å²) in [6, 6.07) is 9.37. The van der Waals surface area contributed by atoms with Crippen molar-refractivity contribution in [2.24, 2.45) is 0 Å². The second kappa shape index (κ2) is 8.30. The highest BCUT2D eigenvalue weighted by atomic mass is 32.2. The molecule has 0 aliphatic rings. The number of fused-ring (bicyclic) bond motifs is 2. The maximum atomic E-state index is 12.5. The molecule has 1 amide bonds. The van der Waals surface area contributed by atoms with Crippen molar-refractivity contribution in [2.75, 3.05) is 12.8 Å². The first-order valence-corrected chi connectivity index (χ1v) is 11.0. The molecule has 4 aromatic rings. The molecule has 29 heavy (non-hydrogen) atoms. The van der Waals surface area contributed by atoms with Crippen LogP contribution in [0.2, 0.25) is 0 Å². The molecule has 0 saturated carbocycles. The van der Waals surface area contributed by atoms with Gasteiger partial charge in [0.25, 0.3) is 5.56 Å². The molecule has 7 nitrogen and oxygen atoms in total. The molecule has 0 radical (unpaired) electrons. The van der Waals surface area contributed by atoms with Crippen molar-refractivity contribution in [1.82, 2.24) is 24.3 Å². The van der Waals surface area contributed by atoms with Gasteiger partial charge in [-0.05, 0) is 13.0 Å². The van der Waals surface area contributed by atoms with Crippen molar-refractivity contribution < 1.29 is 4.79 Å². The van der Waals surface area contributed by atoms with Crippen LogP contribution in [-0.4, -0.2) is 43.0 Å². The van der Waals surface area contributed by atoms with Crippen LogP contribution in [0.5, 0.6) is 0 Å². The minimum absolute atomic E-state index is 0.0154. The van der Waals surface area contributed by atoms with E-state index in [4.69, 9.17) is 0 Å². The number of carbonyl (C=O) groups is 1. The lowest BCUT2D eigenvalue weighted by atomic mass is 10.2. The van der Waals surface area contributed by atoms with Gasteiger partial charge in [0.15, 0.2) is 4.96 Å². The molecule has 0 spiro atoms. The summed E-state index contributed by atoms with van der Waals surface area (Å²) < 4.78 is 1.52. The zero-order chi connectivity index (χ0) is 20.4. The van der Waals surface area contributed by atoms with Crippen LogP contribution in [0.25, 0.3) is 15.9 Å². The van der Waals surface area contributed by atoms with Gasteiger partial charge in [0.1, 0.15) is 5.82 Å². The van der Waals surface area contributed by atoms with Gasteiger partial charge in [0, 0.05) is 41.5 Å². The average Bonchev–Trinajstić information content (AvgIpc) is 3.17. The van der Waals surface area contributed by atoms with E-state index in [1.54, 1.807) is 18.1 Å². The summed E-state index contributed by atoms with van der Waals surface area (Å²) in [4.78, 5) is 40.4. The molecule has 4 rings (SSSR count). The summed E-state index contributed by atoms with van der Waals surface area (Å²) in [6.45, 7) is 2.30. The van der Waals surface area contributed by atoms with Crippen LogP contribution in [0.15, 0.2) is 46.7 Å². The number of nitrogens with zero attached hydrogens (tertiary/aromatic N) is 5. The lowest BCUT2D eigenvalue weighted by molar-refractivity contribution is -0.127. The van der Waals surface area contributed by atoms with Crippen LogP contribution >= 0.6 is 23.1 Å². The fourth-order valence-electron chi connectivity index (χ4n) is 2.98. The van der Waals surface area contributed by atoms with Crippen LogP contribution in [0.3, 0.4) is 0 Å². The van der Waals surface area contributed by atoms with Gasteiger partial charge >= 0.3 is 0 Å². The normalized spacial score (nSPS) is 11.2. The molecule has 0 unspecified atom stereocenters. The third kappa shape index (κ3) is 4.30. The molecule has 0 atom stereocenters. The van der Waals surface area contributed by atoms with E-state index in [1.807, 2.05) is 36.6 Å². The summed E-state index contributed by atoms with van der Waals surface area (Å²) in [5.74, 6) is 1.42. The van der Waals surface area contributed by atoms with Gasteiger partial charge in [-0.1, -0.05) is 18.2 Å². The summed E-state index contributed by atoms with van der Waals surface area (Å²) in [6.07, 6.45) is 1.71. The molecule has 0 fully saturated rings. The number of para-hydroxylation sites is 1. The Morgan fingerprint density at radius 3 is 2.93 bits per heavy atom. The van der Waals surface area contributed by atoms with Crippen LogP contribution in [-0.2, 0) is 17.1 Å². The van der Waals surface area contributed by atoms with E-state index in [0.29, 0.717) is 34.5 Å². The Labute approximate surface area is 175 Å². The summed E-state index contributed by atoms with van der Waals surface area (Å²) in [5, 5.41) is 2.85. The van der Waals surface area contributed by atoms with E-state index in [0.717, 1.165) is 16.6 Å². The Hall–Kier alpha value is -2.78. The standard InChI is InChI=1S/C20H19N5O2S2/c1-13-15-5-3-4-6-16(15)23-17(21-13)10-24(2)19(27)12-28-11-14-9-18(26)25-7-8-29-20(25)22-14/h3-9H,10-12H2,1-2H3. The highest BCUT2D eigenvalue weighted by Gasteiger charge is 2.13. The highest BCUT2D eigenvalue weighted by Crippen LogP contribution is 2.16. The SMILES string of the molecule is Cc1nc(CN(C)C(=O)CSCc2cc(=O)n3ccsc3n2)nc2ccccc12. The Morgan fingerprint density at radius 1 is 1.24 bits per heavy atom.